The second-order valence-electron chi connectivity index (χ2n) is 7.64. The van der Waals surface area contributed by atoms with Crippen LogP contribution in [-0.2, 0) is 16.4 Å². The quantitative estimate of drug-likeness (QED) is 0.628. The lowest BCUT2D eigenvalue weighted by atomic mass is 10.1. The highest BCUT2D eigenvalue weighted by molar-refractivity contribution is 7.92. The number of anilines is 2. The minimum atomic E-state index is -3.73. The molecule has 0 aromatic heterocycles. The number of benzene rings is 3. The molecule has 4 rings (SSSR count). The molecule has 0 saturated heterocycles. The predicted octanol–water partition coefficient (Wildman–Crippen LogP) is 4.41. The average Bonchev–Trinajstić information content (AvgIpc) is 3.09. The van der Waals surface area contributed by atoms with Crippen LogP contribution < -0.4 is 9.21 Å². The lowest BCUT2D eigenvalue weighted by molar-refractivity contribution is 0.0981. The zero-order valence-electron chi connectivity index (χ0n) is 17.2. The Balaban J connectivity index is 1.72. The van der Waals surface area contributed by atoms with Crippen LogP contribution >= 0.6 is 0 Å². The second-order valence-corrected chi connectivity index (χ2v) is 9.61. The molecule has 3 aromatic rings. The van der Waals surface area contributed by atoms with Crippen molar-refractivity contribution in [3.63, 3.8) is 0 Å². The summed E-state index contributed by atoms with van der Waals surface area (Å²) in [5.41, 5.74) is 3.80. The summed E-state index contributed by atoms with van der Waals surface area (Å²) in [6.07, 6.45) is 0.808. The molecule has 0 radical (unpaired) electrons. The molecule has 1 amide bonds. The molecule has 0 saturated carbocycles. The van der Waals surface area contributed by atoms with E-state index in [1.165, 1.54) is 11.4 Å². The van der Waals surface area contributed by atoms with Crippen LogP contribution in [0.15, 0.2) is 77.7 Å². The maximum Gasteiger partial charge on any atom is 0.264 e. The molecule has 6 heteroatoms. The van der Waals surface area contributed by atoms with Gasteiger partial charge in [-0.15, -0.1) is 0 Å². The van der Waals surface area contributed by atoms with Crippen LogP contribution in [-0.4, -0.2) is 27.4 Å². The fraction of sp³-hybridized carbons (Fsp3) is 0.208. The van der Waals surface area contributed by atoms with Crippen molar-refractivity contribution >= 4 is 27.3 Å². The first-order valence-electron chi connectivity index (χ1n) is 9.87. The van der Waals surface area contributed by atoms with E-state index >= 15 is 0 Å². The van der Waals surface area contributed by atoms with Crippen LogP contribution in [0.1, 0.15) is 28.4 Å². The van der Waals surface area contributed by atoms with Crippen molar-refractivity contribution in [1.82, 2.24) is 0 Å². The van der Waals surface area contributed by atoms with E-state index in [0.29, 0.717) is 11.3 Å². The van der Waals surface area contributed by atoms with Crippen LogP contribution in [0, 0.1) is 6.92 Å². The zero-order valence-corrected chi connectivity index (χ0v) is 18.1. The van der Waals surface area contributed by atoms with Crippen LogP contribution in [0.2, 0.25) is 0 Å². The van der Waals surface area contributed by atoms with Crippen LogP contribution in [0.4, 0.5) is 11.4 Å². The van der Waals surface area contributed by atoms with Gasteiger partial charge in [0.1, 0.15) is 0 Å². The standard InChI is InChI=1S/C24H24N2O3S/c1-17-13-14-20(24(27)26-18(2)15-19-9-7-8-12-22(19)26)16-23(17)25(3)30(28,29)21-10-5-4-6-11-21/h4-14,16,18H,15H2,1-3H3. The summed E-state index contributed by atoms with van der Waals surface area (Å²) in [4.78, 5) is 15.4. The molecular formula is C24H24N2O3S. The number of sulfonamides is 1. The SMILES string of the molecule is Cc1ccc(C(=O)N2c3ccccc3CC2C)cc1N(C)S(=O)(=O)c1ccccc1. The van der Waals surface area contributed by atoms with E-state index in [1.807, 2.05) is 38.1 Å². The first kappa shape index (κ1) is 20.2. The van der Waals surface area contributed by atoms with E-state index in [-0.39, 0.29) is 16.8 Å². The summed E-state index contributed by atoms with van der Waals surface area (Å²) in [5.74, 6) is -0.126. The number of nitrogens with zero attached hydrogens (tertiary/aromatic N) is 2. The Labute approximate surface area is 177 Å². The number of hydrogen-bond acceptors (Lipinski definition) is 3. The summed E-state index contributed by atoms with van der Waals surface area (Å²) < 4.78 is 27.4. The van der Waals surface area contributed by atoms with Gasteiger partial charge in [0.2, 0.25) is 0 Å². The molecule has 0 aliphatic carbocycles. The minimum Gasteiger partial charge on any atom is -0.305 e. The highest BCUT2D eigenvalue weighted by Gasteiger charge is 2.32. The second kappa shape index (κ2) is 7.61. The number of carbonyl (C=O) groups is 1. The van der Waals surface area contributed by atoms with Crippen molar-refractivity contribution < 1.29 is 13.2 Å². The van der Waals surface area contributed by atoms with Crippen molar-refractivity contribution in [3.05, 3.63) is 89.5 Å². The van der Waals surface area contributed by atoms with Gasteiger partial charge in [-0.25, -0.2) is 8.42 Å². The summed E-state index contributed by atoms with van der Waals surface area (Å²) in [6.45, 7) is 3.87. The molecular weight excluding hydrogens is 396 g/mol. The summed E-state index contributed by atoms with van der Waals surface area (Å²) in [7, 11) is -2.21. The zero-order chi connectivity index (χ0) is 21.5. The number of amides is 1. The third-order valence-corrected chi connectivity index (χ3v) is 7.41. The van der Waals surface area contributed by atoms with Gasteiger partial charge in [0, 0.05) is 24.3 Å². The summed E-state index contributed by atoms with van der Waals surface area (Å²) >= 11 is 0. The van der Waals surface area contributed by atoms with E-state index in [4.69, 9.17) is 0 Å². The number of aryl methyl sites for hydroxylation is 1. The predicted molar refractivity (Wildman–Crippen MR) is 120 cm³/mol. The first-order valence-corrected chi connectivity index (χ1v) is 11.3. The van der Waals surface area contributed by atoms with Crippen molar-refractivity contribution in [2.75, 3.05) is 16.3 Å². The van der Waals surface area contributed by atoms with Crippen molar-refractivity contribution in [2.45, 2.75) is 31.2 Å². The van der Waals surface area contributed by atoms with Gasteiger partial charge in [-0.2, -0.15) is 0 Å². The van der Waals surface area contributed by atoms with Crippen LogP contribution in [0.25, 0.3) is 0 Å². The molecule has 1 atom stereocenters. The minimum absolute atomic E-state index is 0.0467. The Bertz CT molecular complexity index is 1210. The van der Waals surface area contributed by atoms with E-state index in [1.54, 1.807) is 53.4 Å². The van der Waals surface area contributed by atoms with Crippen molar-refractivity contribution in [3.8, 4) is 0 Å². The Morgan fingerprint density at radius 2 is 1.67 bits per heavy atom. The molecule has 1 aliphatic heterocycles. The number of para-hydroxylation sites is 1. The molecule has 0 N–H and O–H groups in total. The van der Waals surface area contributed by atoms with Gasteiger partial charge in [0.25, 0.3) is 15.9 Å². The topological polar surface area (TPSA) is 57.7 Å². The van der Waals surface area contributed by atoms with Gasteiger partial charge in [0.15, 0.2) is 0 Å². The molecule has 1 aliphatic rings. The van der Waals surface area contributed by atoms with Gasteiger partial charge >= 0.3 is 0 Å². The van der Waals surface area contributed by atoms with Crippen LogP contribution in [0.5, 0.6) is 0 Å². The van der Waals surface area contributed by atoms with Gasteiger partial charge in [-0.3, -0.25) is 9.10 Å². The molecule has 0 fully saturated rings. The highest BCUT2D eigenvalue weighted by Crippen LogP contribution is 2.34. The molecule has 1 unspecified atom stereocenters. The van der Waals surface area contributed by atoms with E-state index in [0.717, 1.165) is 23.2 Å². The van der Waals surface area contributed by atoms with E-state index in [2.05, 4.69) is 0 Å². The molecule has 0 bridgehead atoms. The molecule has 30 heavy (non-hydrogen) atoms. The molecule has 0 spiro atoms. The van der Waals surface area contributed by atoms with E-state index < -0.39 is 10.0 Å². The Morgan fingerprint density at radius 1 is 1.00 bits per heavy atom. The molecule has 3 aromatic carbocycles. The van der Waals surface area contributed by atoms with Gasteiger partial charge in [-0.05, 0) is 61.7 Å². The average molecular weight is 421 g/mol. The highest BCUT2D eigenvalue weighted by atomic mass is 32.2. The monoisotopic (exact) mass is 420 g/mol. The number of fused-ring (bicyclic) bond motifs is 1. The van der Waals surface area contributed by atoms with Crippen molar-refractivity contribution in [1.29, 1.82) is 0 Å². The Hall–Kier alpha value is -3.12. The number of carbonyl (C=O) groups excluding carboxylic acids is 1. The van der Waals surface area contributed by atoms with Crippen LogP contribution in [0.3, 0.4) is 0 Å². The number of hydrogen-bond donors (Lipinski definition) is 0. The Morgan fingerprint density at radius 3 is 2.40 bits per heavy atom. The first-order chi connectivity index (χ1) is 14.3. The van der Waals surface area contributed by atoms with Gasteiger partial charge < -0.3 is 4.90 Å². The largest absolute Gasteiger partial charge is 0.305 e. The maximum absolute atomic E-state index is 13.4. The number of rotatable bonds is 4. The third-order valence-electron chi connectivity index (χ3n) is 5.62. The normalized spacial score (nSPS) is 15.7. The fourth-order valence-corrected chi connectivity index (χ4v) is 5.25. The van der Waals surface area contributed by atoms with Gasteiger partial charge in [0.05, 0.1) is 10.6 Å². The summed E-state index contributed by atoms with van der Waals surface area (Å²) in [5, 5.41) is 0. The molecule has 1 heterocycles. The Kier molecular flexibility index (Phi) is 5.12. The third kappa shape index (κ3) is 3.37. The summed E-state index contributed by atoms with van der Waals surface area (Å²) in [6, 6.07) is 21.5. The molecule has 5 nitrogen and oxygen atoms in total. The smallest absolute Gasteiger partial charge is 0.264 e. The van der Waals surface area contributed by atoms with Gasteiger partial charge in [-0.1, -0.05) is 42.5 Å². The van der Waals surface area contributed by atoms with Crippen molar-refractivity contribution in [2.24, 2.45) is 0 Å². The lowest BCUT2D eigenvalue weighted by Gasteiger charge is -2.25. The van der Waals surface area contributed by atoms with E-state index in [9.17, 15) is 13.2 Å². The fourth-order valence-electron chi connectivity index (χ4n) is 3.98. The lowest BCUT2D eigenvalue weighted by Crippen LogP contribution is -2.36. The molecule has 154 valence electrons. The maximum atomic E-state index is 13.4.